The molecule has 1 aromatic heterocycles. The summed E-state index contributed by atoms with van der Waals surface area (Å²) in [4.78, 5) is 34.6. The molecule has 17 heavy (non-hydrogen) atoms. The number of unbranched alkanes of at least 4 members (excludes halogenated alkanes) is 1. The van der Waals surface area contributed by atoms with E-state index in [-0.39, 0.29) is 0 Å². The minimum Gasteiger partial charge on any atom is -0.480 e. The van der Waals surface area contributed by atoms with Crippen LogP contribution in [0.25, 0.3) is 0 Å². The van der Waals surface area contributed by atoms with Crippen LogP contribution in [0.15, 0.2) is 21.9 Å². The highest BCUT2D eigenvalue weighted by atomic mass is 16.4. The number of aromatic nitrogens is 2. The summed E-state index contributed by atoms with van der Waals surface area (Å²) in [5, 5.41) is 8.55. The van der Waals surface area contributed by atoms with E-state index in [0.29, 0.717) is 25.8 Å². The molecule has 0 bridgehead atoms. The van der Waals surface area contributed by atoms with Crippen molar-refractivity contribution in [1.82, 2.24) is 9.55 Å². The number of hydrogen-bond donors (Lipinski definition) is 3. The van der Waals surface area contributed by atoms with E-state index in [9.17, 15) is 14.4 Å². The first-order valence-electron chi connectivity index (χ1n) is 5.29. The van der Waals surface area contributed by atoms with Gasteiger partial charge in [-0.1, -0.05) is 0 Å². The lowest BCUT2D eigenvalue weighted by Gasteiger charge is -2.06. The molecular formula is C10H15N3O4. The minimum absolute atomic E-state index is 0.368. The molecule has 1 aromatic rings. The van der Waals surface area contributed by atoms with Crippen LogP contribution in [-0.2, 0) is 11.3 Å². The van der Waals surface area contributed by atoms with Crippen molar-refractivity contribution >= 4 is 5.97 Å². The molecule has 1 unspecified atom stereocenters. The zero-order valence-electron chi connectivity index (χ0n) is 9.26. The normalized spacial score (nSPS) is 12.3. The molecule has 0 aliphatic rings. The molecule has 0 aromatic carbocycles. The summed E-state index contributed by atoms with van der Waals surface area (Å²) < 4.78 is 1.37. The lowest BCUT2D eigenvalue weighted by molar-refractivity contribution is -0.138. The maximum atomic E-state index is 11.3. The van der Waals surface area contributed by atoms with Crippen LogP contribution in [0.1, 0.15) is 19.3 Å². The summed E-state index contributed by atoms with van der Waals surface area (Å²) in [5.74, 6) is -1.02. The monoisotopic (exact) mass is 241 g/mol. The smallest absolute Gasteiger partial charge is 0.328 e. The number of nitrogens with two attached hydrogens (primary N) is 1. The molecular weight excluding hydrogens is 226 g/mol. The van der Waals surface area contributed by atoms with Crippen LogP contribution in [0.4, 0.5) is 0 Å². The van der Waals surface area contributed by atoms with Gasteiger partial charge in [0.15, 0.2) is 0 Å². The van der Waals surface area contributed by atoms with Crippen molar-refractivity contribution in [3.05, 3.63) is 33.1 Å². The average Bonchev–Trinajstić information content (AvgIpc) is 2.26. The van der Waals surface area contributed by atoms with E-state index in [4.69, 9.17) is 10.8 Å². The van der Waals surface area contributed by atoms with Gasteiger partial charge in [-0.05, 0) is 19.3 Å². The molecule has 1 heterocycles. The number of nitrogens with zero attached hydrogens (tertiary/aromatic N) is 1. The van der Waals surface area contributed by atoms with Crippen LogP contribution < -0.4 is 17.0 Å². The number of carbonyl (C=O) groups is 1. The number of carboxylic acids is 1. The van der Waals surface area contributed by atoms with E-state index < -0.39 is 23.3 Å². The second kappa shape index (κ2) is 6.00. The van der Waals surface area contributed by atoms with Crippen LogP contribution in [0.2, 0.25) is 0 Å². The van der Waals surface area contributed by atoms with Gasteiger partial charge in [0.2, 0.25) is 0 Å². The summed E-state index contributed by atoms with van der Waals surface area (Å²) in [6, 6.07) is 0.409. The largest absolute Gasteiger partial charge is 0.480 e. The third-order valence-corrected chi connectivity index (χ3v) is 2.38. The van der Waals surface area contributed by atoms with Crippen molar-refractivity contribution in [2.24, 2.45) is 5.73 Å². The zero-order valence-corrected chi connectivity index (χ0v) is 9.26. The third kappa shape index (κ3) is 4.23. The Morgan fingerprint density at radius 1 is 1.47 bits per heavy atom. The van der Waals surface area contributed by atoms with Crippen molar-refractivity contribution in [2.75, 3.05) is 0 Å². The van der Waals surface area contributed by atoms with Crippen molar-refractivity contribution in [1.29, 1.82) is 0 Å². The molecule has 94 valence electrons. The van der Waals surface area contributed by atoms with Crippen molar-refractivity contribution < 1.29 is 9.90 Å². The van der Waals surface area contributed by atoms with Gasteiger partial charge >= 0.3 is 11.7 Å². The zero-order chi connectivity index (χ0) is 12.8. The van der Waals surface area contributed by atoms with E-state index in [2.05, 4.69) is 4.98 Å². The van der Waals surface area contributed by atoms with Crippen molar-refractivity contribution in [3.63, 3.8) is 0 Å². The number of carboxylic acid groups (broad SMARTS) is 1. The fraction of sp³-hybridized carbons (Fsp3) is 0.500. The lowest BCUT2D eigenvalue weighted by atomic mass is 10.1. The Morgan fingerprint density at radius 2 is 2.18 bits per heavy atom. The summed E-state index contributed by atoms with van der Waals surface area (Å²) >= 11 is 0. The molecule has 7 heteroatoms. The summed E-state index contributed by atoms with van der Waals surface area (Å²) in [5.41, 5.74) is 4.44. The third-order valence-electron chi connectivity index (χ3n) is 2.38. The fourth-order valence-corrected chi connectivity index (χ4v) is 1.39. The minimum atomic E-state index is -1.02. The number of aromatic amines is 1. The van der Waals surface area contributed by atoms with Crippen LogP contribution in [0.3, 0.4) is 0 Å². The predicted octanol–water partition coefficient (Wildman–Crippen LogP) is -0.881. The van der Waals surface area contributed by atoms with Crippen LogP contribution in [0.5, 0.6) is 0 Å². The highest BCUT2D eigenvalue weighted by Gasteiger charge is 2.10. The molecule has 0 aliphatic heterocycles. The molecule has 7 nitrogen and oxygen atoms in total. The Kier molecular flexibility index (Phi) is 4.65. The molecule has 1 rings (SSSR count). The van der Waals surface area contributed by atoms with Gasteiger partial charge in [0, 0.05) is 18.8 Å². The van der Waals surface area contributed by atoms with Gasteiger partial charge in [-0.2, -0.15) is 0 Å². The number of hydrogen-bond acceptors (Lipinski definition) is 4. The van der Waals surface area contributed by atoms with E-state index in [1.165, 1.54) is 16.8 Å². The van der Waals surface area contributed by atoms with Gasteiger partial charge in [-0.25, -0.2) is 4.79 Å². The van der Waals surface area contributed by atoms with E-state index >= 15 is 0 Å². The molecule has 0 aliphatic carbocycles. The summed E-state index contributed by atoms with van der Waals surface area (Å²) in [6.07, 6.45) is 3.03. The van der Waals surface area contributed by atoms with Crippen LogP contribution in [-0.4, -0.2) is 26.7 Å². The van der Waals surface area contributed by atoms with Crippen LogP contribution >= 0.6 is 0 Å². The molecule has 0 saturated heterocycles. The second-order valence-electron chi connectivity index (χ2n) is 3.74. The van der Waals surface area contributed by atoms with Gasteiger partial charge in [0.1, 0.15) is 6.04 Å². The first-order valence-corrected chi connectivity index (χ1v) is 5.29. The van der Waals surface area contributed by atoms with Crippen LogP contribution in [0, 0.1) is 0 Å². The number of aryl methyl sites for hydroxylation is 1. The van der Waals surface area contributed by atoms with Gasteiger partial charge < -0.3 is 15.4 Å². The SMILES string of the molecule is NC(CCCCn1ccc(=O)[nH]c1=O)C(=O)O. The highest BCUT2D eigenvalue weighted by molar-refractivity contribution is 5.72. The Balaban J connectivity index is 2.39. The molecule has 0 fully saturated rings. The molecule has 0 spiro atoms. The molecule has 0 amide bonds. The molecule has 0 saturated carbocycles. The number of nitrogens with one attached hydrogen (secondary N) is 1. The van der Waals surface area contributed by atoms with Gasteiger partial charge in [-0.15, -0.1) is 0 Å². The molecule has 1 atom stereocenters. The maximum Gasteiger partial charge on any atom is 0.328 e. The first-order chi connectivity index (χ1) is 8.00. The van der Waals surface area contributed by atoms with E-state index in [0.717, 1.165) is 0 Å². The number of rotatable bonds is 6. The van der Waals surface area contributed by atoms with Gasteiger partial charge in [0.05, 0.1) is 0 Å². The maximum absolute atomic E-state index is 11.3. The Bertz CT molecular complexity index is 491. The standard InChI is InChI=1S/C10H15N3O4/c11-7(9(15)16)3-1-2-5-13-6-4-8(14)12-10(13)17/h4,6-7H,1-3,5,11H2,(H,15,16)(H,12,14,17). The Labute approximate surface area is 96.9 Å². The van der Waals surface area contributed by atoms with E-state index in [1.54, 1.807) is 0 Å². The molecule has 4 N–H and O–H groups in total. The quantitative estimate of drug-likeness (QED) is 0.559. The highest BCUT2D eigenvalue weighted by Crippen LogP contribution is 2.00. The second-order valence-corrected chi connectivity index (χ2v) is 3.74. The fourth-order valence-electron chi connectivity index (χ4n) is 1.39. The van der Waals surface area contributed by atoms with E-state index in [1.807, 2.05) is 0 Å². The average molecular weight is 241 g/mol. The number of H-pyrrole nitrogens is 1. The topological polar surface area (TPSA) is 118 Å². The Hall–Kier alpha value is -1.89. The van der Waals surface area contributed by atoms with Gasteiger partial charge in [-0.3, -0.25) is 14.6 Å². The number of aliphatic carboxylic acids is 1. The Morgan fingerprint density at radius 3 is 2.76 bits per heavy atom. The van der Waals surface area contributed by atoms with Crippen molar-refractivity contribution in [2.45, 2.75) is 31.8 Å². The summed E-state index contributed by atoms with van der Waals surface area (Å²) in [6.45, 7) is 0.432. The van der Waals surface area contributed by atoms with Gasteiger partial charge in [0.25, 0.3) is 5.56 Å². The first kappa shape index (κ1) is 13.2. The summed E-state index contributed by atoms with van der Waals surface area (Å²) in [7, 11) is 0. The lowest BCUT2D eigenvalue weighted by Crippen LogP contribution is -2.30. The van der Waals surface area contributed by atoms with Crippen molar-refractivity contribution in [3.8, 4) is 0 Å². The molecule has 0 radical (unpaired) electrons. The predicted molar refractivity (Wildman–Crippen MR) is 60.8 cm³/mol.